The molecule has 0 amide bonds. The van der Waals surface area contributed by atoms with Crippen molar-refractivity contribution < 1.29 is 4.39 Å². The molecule has 0 bridgehead atoms. The van der Waals surface area contributed by atoms with Crippen molar-refractivity contribution in [3.63, 3.8) is 0 Å². The van der Waals surface area contributed by atoms with Gasteiger partial charge in [-0.2, -0.15) is 0 Å². The Morgan fingerprint density at radius 1 is 1.10 bits per heavy atom. The Morgan fingerprint density at radius 2 is 1.95 bits per heavy atom. The number of hydrogen-bond donors (Lipinski definition) is 1. The van der Waals surface area contributed by atoms with Gasteiger partial charge in [-0.05, 0) is 29.1 Å². The fourth-order valence-corrected chi connectivity index (χ4v) is 2.50. The molecule has 2 nitrogen and oxygen atoms in total. The van der Waals surface area contributed by atoms with Crippen molar-refractivity contribution in [2.75, 3.05) is 0 Å². The Bertz CT molecular complexity index is 768. The number of pyridine rings is 1. The highest BCUT2D eigenvalue weighted by molar-refractivity contribution is 6.30. The molecule has 0 aliphatic carbocycles. The molecule has 1 unspecified atom stereocenters. The van der Waals surface area contributed by atoms with E-state index in [-0.39, 0.29) is 0 Å². The molecule has 0 saturated carbocycles. The summed E-state index contributed by atoms with van der Waals surface area (Å²) in [6.45, 7) is 0. The van der Waals surface area contributed by atoms with Crippen LogP contribution in [-0.4, -0.2) is 4.98 Å². The Labute approximate surface area is 121 Å². The van der Waals surface area contributed by atoms with Crippen LogP contribution >= 0.6 is 11.6 Å². The average molecular weight is 287 g/mol. The summed E-state index contributed by atoms with van der Waals surface area (Å²) in [4.78, 5) is 4.08. The predicted octanol–water partition coefficient (Wildman–Crippen LogP) is 4.08. The lowest BCUT2D eigenvalue weighted by Gasteiger charge is -2.16. The molecule has 2 N–H and O–H groups in total. The van der Waals surface area contributed by atoms with Gasteiger partial charge in [0.15, 0.2) is 0 Å². The first-order chi connectivity index (χ1) is 9.66. The number of benzene rings is 2. The van der Waals surface area contributed by atoms with Crippen LogP contribution in [0.2, 0.25) is 5.02 Å². The summed E-state index contributed by atoms with van der Waals surface area (Å²) in [6, 6.07) is 11.7. The normalized spacial score (nSPS) is 12.6. The van der Waals surface area contributed by atoms with E-state index in [1.807, 2.05) is 24.3 Å². The molecule has 1 heterocycles. The Morgan fingerprint density at radius 3 is 2.75 bits per heavy atom. The van der Waals surface area contributed by atoms with Gasteiger partial charge >= 0.3 is 0 Å². The van der Waals surface area contributed by atoms with E-state index in [1.165, 1.54) is 6.07 Å². The van der Waals surface area contributed by atoms with Crippen LogP contribution in [0.1, 0.15) is 17.2 Å². The van der Waals surface area contributed by atoms with E-state index < -0.39 is 11.9 Å². The molecule has 100 valence electrons. The third-order valence-corrected chi connectivity index (χ3v) is 3.58. The van der Waals surface area contributed by atoms with Crippen LogP contribution in [0.5, 0.6) is 0 Å². The molecule has 3 rings (SSSR count). The van der Waals surface area contributed by atoms with E-state index in [0.29, 0.717) is 10.6 Å². The molecule has 0 aliphatic heterocycles. The second-order valence-electron chi connectivity index (χ2n) is 4.59. The minimum absolute atomic E-state index is 0.362. The van der Waals surface area contributed by atoms with Gasteiger partial charge in [-0.1, -0.05) is 35.9 Å². The highest BCUT2D eigenvalue weighted by Gasteiger charge is 2.16. The molecular formula is C16H12ClFN2. The maximum atomic E-state index is 14.0. The summed E-state index contributed by atoms with van der Waals surface area (Å²) in [5.41, 5.74) is 7.53. The van der Waals surface area contributed by atoms with Crippen molar-refractivity contribution in [1.29, 1.82) is 0 Å². The molecule has 0 radical (unpaired) electrons. The van der Waals surface area contributed by atoms with Gasteiger partial charge in [-0.25, -0.2) is 4.39 Å². The van der Waals surface area contributed by atoms with Crippen LogP contribution in [0.4, 0.5) is 4.39 Å². The molecule has 1 aromatic heterocycles. The first-order valence-corrected chi connectivity index (χ1v) is 6.58. The molecule has 2 aromatic carbocycles. The summed E-state index contributed by atoms with van der Waals surface area (Å²) in [5.74, 6) is -0.393. The fraction of sp³-hybridized carbons (Fsp3) is 0.0625. The second-order valence-corrected chi connectivity index (χ2v) is 5.02. The van der Waals surface area contributed by atoms with E-state index in [4.69, 9.17) is 17.3 Å². The number of aromatic nitrogens is 1. The summed E-state index contributed by atoms with van der Waals surface area (Å²) < 4.78 is 14.0. The van der Waals surface area contributed by atoms with Crippen LogP contribution in [0, 0.1) is 5.82 Å². The molecule has 20 heavy (non-hydrogen) atoms. The van der Waals surface area contributed by atoms with Crippen LogP contribution in [-0.2, 0) is 0 Å². The first-order valence-electron chi connectivity index (χ1n) is 6.20. The molecule has 0 spiro atoms. The maximum absolute atomic E-state index is 14.0. The maximum Gasteiger partial charge on any atom is 0.129 e. The van der Waals surface area contributed by atoms with Gasteiger partial charge in [0.2, 0.25) is 0 Å². The zero-order chi connectivity index (χ0) is 14.1. The number of nitrogens with zero attached hydrogens (tertiary/aromatic N) is 1. The molecule has 3 aromatic rings. The van der Waals surface area contributed by atoms with Crippen LogP contribution < -0.4 is 5.73 Å². The van der Waals surface area contributed by atoms with Crippen molar-refractivity contribution in [3.8, 4) is 0 Å². The van der Waals surface area contributed by atoms with Gasteiger partial charge in [-0.3, -0.25) is 4.98 Å². The average Bonchev–Trinajstić information content (AvgIpc) is 2.46. The van der Waals surface area contributed by atoms with E-state index in [2.05, 4.69) is 4.98 Å². The predicted molar refractivity (Wildman–Crippen MR) is 79.2 cm³/mol. The van der Waals surface area contributed by atoms with Crippen molar-refractivity contribution in [2.45, 2.75) is 6.04 Å². The van der Waals surface area contributed by atoms with E-state index in [1.54, 1.807) is 24.5 Å². The number of fused-ring (bicyclic) bond motifs is 1. The lowest BCUT2D eigenvalue weighted by Crippen LogP contribution is -2.14. The third kappa shape index (κ3) is 2.26. The van der Waals surface area contributed by atoms with E-state index in [0.717, 1.165) is 16.3 Å². The highest BCUT2D eigenvalue weighted by atomic mass is 35.5. The summed E-state index contributed by atoms with van der Waals surface area (Å²) in [5, 5.41) is 2.32. The van der Waals surface area contributed by atoms with E-state index >= 15 is 0 Å². The Balaban J connectivity index is 2.15. The molecule has 0 aliphatic rings. The number of rotatable bonds is 2. The van der Waals surface area contributed by atoms with Crippen molar-refractivity contribution in [3.05, 3.63) is 76.8 Å². The minimum Gasteiger partial charge on any atom is -0.320 e. The first kappa shape index (κ1) is 13.0. The quantitative estimate of drug-likeness (QED) is 0.771. The SMILES string of the molecule is NC(c1ccc(Cl)cc1F)c1cccc2cnccc12. The second kappa shape index (κ2) is 5.19. The molecule has 0 fully saturated rings. The van der Waals surface area contributed by atoms with Crippen molar-refractivity contribution in [2.24, 2.45) is 5.73 Å². The molecule has 0 saturated heterocycles. The van der Waals surface area contributed by atoms with Crippen LogP contribution in [0.15, 0.2) is 54.9 Å². The van der Waals surface area contributed by atoms with Gasteiger partial charge in [0, 0.05) is 28.4 Å². The zero-order valence-electron chi connectivity index (χ0n) is 10.6. The lowest BCUT2D eigenvalue weighted by molar-refractivity contribution is 0.600. The fourth-order valence-electron chi connectivity index (χ4n) is 2.34. The third-order valence-electron chi connectivity index (χ3n) is 3.35. The summed E-state index contributed by atoms with van der Waals surface area (Å²) in [6.07, 6.45) is 3.47. The summed E-state index contributed by atoms with van der Waals surface area (Å²) in [7, 11) is 0. The Kier molecular flexibility index (Phi) is 3.38. The van der Waals surface area contributed by atoms with Gasteiger partial charge < -0.3 is 5.73 Å². The summed E-state index contributed by atoms with van der Waals surface area (Å²) >= 11 is 5.77. The van der Waals surface area contributed by atoms with Gasteiger partial charge in [0.05, 0.1) is 6.04 Å². The van der Waals surface area contributed by atoms with Gasteiger partial charge in [0.1, 0.15) is 5.82 Å². The number of nitrogens with two attached hydrogens (primary N) is 1. The molecular weight excluding hydrogens is 275 g/mol. The van der Waals surface area contributed by atoms with Gasteiger partial charge in [-0.15, -0.1) is 0 Å². The molecule has 1 atom stereocenters. The smallest absolute Gasteiger partial charge is 0.129 e. The van der Waals surface area contributed by atoms with Crippen LogP contribution in [0.25, 0.3) is 10.8 Å². The standard InChI is InChI=1S/C16H12ClFN2/c17-11-4-5-14(15(18)8-11)16(19)13-3-1-2-10-9-20-7-6-12(10)13/h1-9,16H,19H2. The van der Waals surface area contributed by atoms with Crippen molar-refractivity contribution in [1.82, 2.24) is 4.98 Å². The topological polar surface area (TPSA) is 38.9 Å². The highest BCUT2D eigenvalue weighted by Crippen LogP contribution is 2.29. The number of hydrogen-bond acceptors (Lipinski definition) is 2. The lowest BCUT2D eigenvalue weighted by atomic mass is 9.95. The monoisotopic (exact) mass is 286 g/mol. The van der Waals surface area contributed by atoms with Crippen molar-refractivity contribution >= 4 is 22.4 Å². The van der Waals surface area contributed by atoms with Crippen LogP contribution in [0.3, 0.4) is 0 Å². The number of halogens is 2. The largest absolute Gasteiger partial charge is 0.320 e. The van der Waals surface area contributed by atoms with Gasteiger partial charge in [0.25, 0.3) is 0 Å². The zero-order valence-corrected chi connectivity index (χ0v) is 11.3. The minimum atomic E-state index is -0.543. The Hall–Kier alpha value is -1.97. The van der Waals surface area contributed by atoms with E-state index in [9.17, 15) is 4.39 Å². The molecule has 4 heteroatoms.